The molecule has 0 saturated carbocycles. The van der Waals surface area contributed by atoms with Crippen LogP contribution in [0.4, 0.5) is 10.5 Å². The van der Waals surface area contributed by atoms with Gasteiger partial charge in [0.25, 0.3) is 11.1 Å². The van der Waals surface area contributed by atoms with Gasteiger partial charge in [0.05, 0.1) is 0 Å². The minimum Gasteiger partial charge on any atom is -0.489 e. The predicted octanol–water partition coefficient (Wildman–Crippen LogP) is 4.69. The van der Waals surface area contributed by atoms with Gasteiger partial charge in [-0.15, -0.1) is 0 Å². The molecular weight excluding hydrogens is 386 g/mol. The summed E-state index contributed by atoms with van der Waals surface area (Å²) in [5.74, 6) is 0.372. The van der Waals surface area contributed by atoms with Crippen LogP contribution in [0.15, 0.2) is 78.0 Å². The molecule has 29 heavy (non-hydrogen) atoms. The fraction of sp³-hybridized carbons (Fsp3) is 0.136. The first kappa shape index (κ1) is 20.4. The quantitative estimate of drug-likeness (QED) is 0.601. The van der Waals surface area contributed by atoms with E-state index in [0.29, 0.717) is 23.6 Å². The Kier molecular flexibility index (Phi) is 6.86. The van der Waals surface area contributed by atoms with Crippen molar-refractivity contribution in [3.63, 3.8) is 0 Å². The first-order valence-electron chi connectivity index (χ1n) is 8.93. The second-order valence-electron chi connectivity index (χ2n) is 6.42. The highest BCUT2D eigenvalue weighted by Gasteiger charge is 2.09. The van der Waals surface area contributed by atoms with Crippen LogP contribution >= 0.6 is 11.8 Å². The topological polar surface area (TPSA) is 71.5 Å². The molecule has 6 nitrogen and oxygen atoms in total. The summed E-state index contributed by atoms with van der Waals surface area (Å²) < 4.78 is 5.75. The van der Waals surface area contributed by atoms with Crippen LogP contribution in [0.5, 0.6) is 5.75 Å². The number of ether oxygens (including phenoxy) is 1. The number of rotatable bonds is 6. The molecule has 0 saturated heterocycles. The van der Waals surface area contributed by atoms with Gasteiger partial charge in [-0.1, -0.05) is 12.1 Å². The number of hydrogen-bond donors (Lipinski definition) is 1. The van der Waals surface area contributed by atoms with Crippen molar-refractivity contribution in [2.24, 2.45) is 0 Å². The molecule has 2 aromatic carbocycles. The monoisotopic (exact) mass is 407 g/mol. The van der Waals surface area contributed by atoms with Gasteiger partial charge in [-0.2, -0.15) is 0 Å². The van der Waals surface area contributed by atoms with Crippen molar-refractivity contribution >= 4 is 28.6 Å². The van der Waals surface area contributed by atoms with Crippen LogP contribution in [0.2, 0.25) is 0 Å². The first-order chi connectivity index (χ1) is 14.0. The maximum Gasteiger partial charge on any atom is 0.285 e. The summed E-state index contributed by atoms with van der Waals surface area (Å²) >= 11 is 1.13. The molecule has 2 amide bonds. The normalized spacial score (nSPS) is 10.3. The number of amides is 2. The smallest absolute Gasteiger partial charge is 0.285 e. The summed E-state index contributed by atoms with van der Waals surface area (Å²) in [4.78, 5) is 30.7. The minimum atomic E-state index is -0.235. The lowest BCUT2D eigenvalue weighted by Gasteiger charge is -2.10. The van der Waals surface area contributed by atoms with Crippen molar-refractivity contribution in [3.8, 4) is 5.75 Å². The fourth-order valence-electron chi connectivity index (χ4n) is 2.38. The molecule has 0 unspecified atom stereocenters. The van der Waals surface area contributed by atoms with Gasteiger partial charge >= 0.3 is 0 Å². The Balaban J connectivity index is 1.59. The maximum absolute atomic E-state index is 12.5. The molecule has 0 aliphatic carbocycles. The van der Waals surface area contributed by atoms with E-state index in [1.54, 1.807) is 75.0 Å². The zero-order chi connectivity index (χ0) is 20.6. The summed E-state index contributed by atoms with van der Waals surface area (Å²) in [5.41, 5.74) is 2.10. The van der Waals surface area contributed by atoms with E-state index >= 15 is 0 Å². The van der Waals surface area contributed by atoms with Gasteiger partial charge < -0.3 is 15.0 Å². The van der Waals surface area contributed by atoms with Crippen molar-refractivity contribution < 1.29 is 14.3 Å². The van der Waals surface area contributed by atoms with Crippen LogP contribution in [0.25, 0.3) is 0 Å². The lowest BCUT2D eigenvalue weighted by Crippen LogP contribution is -2.16. The van der Waals surface area contributed by atoms with E-state index in [0.717, 1.165) is 22.2 Å². The van der Waals surface area contributed by atoms with E-state index in [1.165, 1.54) is 4.90 Å². The van der Waals surface area contributed by atoms with Gasteiger partial charge in [-0.3, -0.25) is 14.6 Å². The van der Waals surface area contributed by atoms with Gasteiger partial charge in [0.15, 0.2) is 0 Å². The third kappa shape index (κ3) is 6.08. The lowest BCUT2D eigenvalue weighted by molar-refractivity contribution is 0.102. The molecule has 1 heterocycles. The lowest BCUT2D eigenvalue weighted by atomic mass is 10.2. The van der Waals surface area contributed by atoms with Crippen molar-refractivity contribution in [1.29, 1.82) is 0 Å². The highest BCUT2D eigenvalue weighted by molar-refractivity contribution is 8.13. The molecule has 0 bridgehead atoms. The summed E-state index contributed by atoms with van der Waals surface area (Å²) in [6.45, 7) is 0.379. The molecule has 0 fully saturated rings. The Labute approximate surface area is 173 Å². The summed E-state index contributed by atoms with van der Waals surface area (Å²) in [6.07, 6.45) is 3.45. The Bertz CT molecular complexity index is 976. The van der Waals surface area contributed by atoms with Gasteiger partial charge in [0.1, 0.15) is 12.4 Å². The van der Waals surface area contributed by atoms with Crippen LogP contribution < -0.4 is 10.1 Å². The molecular formula is C22H21N3O3S. The zero-order valence-corrected chi connectivity index (χ0v) is 17.0. The summed E-state index contributed by atoms with van der Waals surface area (Å²) in [5, 5.41) is 2.80. The minimum absolute atomic E-state index is 0.0510. The maximum atomic E-state index is 12.5. The average molecular weight is 407 g/mol. The number of aromatic nitrogens is 1. The second kappa shape index (κ2) is 9.75. The Morgan fingerprint density at radius 3 is 2.55 bits per heavy atom. The molecule has 3 rings (SSSR count). The predicted molar refractivity (Wildman–Crippen MR) is 114 cm³/mol. The molecule has 0 aliphatic heterocycles. The van der Waals surface area contributed by atoms with Crippen LogP contribution in [-0.2, 0) is 6.61 Å². The molecule has 3 aromatic rings. The number of carbonyl (C=O) groups excluding carboxylic acids is 2. The van der Waals surface area contributed by atoms with Gasteiger partial charge in [-0.05, 0) is 60.3 Å². The second-order valence-corrected chi connectivity index (χ2v) is 7.44. The van der Waals surface area contributed by atoms with Crippen molar-refractivity contribution in [2.45, 2.75) is 11.5 Å². The number of nitrogens with zero attached hydrogens (tertiary/aromatic N) is 2. The zero-order valence-electron chi connectivity index (χ0n) is 16.2. The Hall–Kier alpha value is -3.32. The van der Waals surface area contributed by atoms with Gasteiger partial charge in [-0.25, -0.2) is 0 Å². The SMILES string of the molecule is CN(C)C(=O)Sc1ccc(NC(=O)c2cccc(OCc3cccnc3)c2)cc1. The van der Waals surface area contributed by atoms with Gasteiger partial charge in [0, 0.05) is 48.2 Å². The highest BCUT2D eigenvalue weighted by atomic mass is 32.2. The first-order valence-corrected chi connectivity index (χ1v) is 9.75. The molecule has 0 atom stereocenters. The number of carbonyl (C=O) groups is 2. The molecule has 0 radical (unpaired) electrons. The molecule has 1 aromatic heterocycles. The number of thioether (sulfide) groups is 1. The van der Waals surface area contributed by atoms with E-state index in [2.05, 4.69) is 10.3 Å². The largest absolute Gasteiger partial charge is 0.489 e. The summed E-state index contributed by atoms with van der Waals surface area (Å²) in [6, 6.07) is 17.9. The van der Waals surface area contributed by atoms with E-state index in [-0.39, 0.29) is 11.1 Å². The number of hydrogen-bond acceptors (Lipinski definition) is 5. The van der Waals surface area contributed by atoms with E-state index < -0.39 is 0 Å². The molecule has 7 heteroatoms. The third-order valence-electron chi connectivity index (χ3n) is 3.91. The van der Waals surface area contributed by atoms with Crippen molar-refractivity contribution in [2.75, 3.05) is 19.4 Å². The van der Waals surface area contributed by atoms with Crippen LogP contribution in [0, 0.1) is 0 Å². The molecule has 148 valence electrons. The Morgan fingerprint density at radius 1 is 1.07 bits per heavy atom. The van der Waals surface area contributed by atoms with E-state index in [4.69, 9.17) is 4.74 Å². The molecule has 1 N–H and O–H groups in total. The van der Waals surface area contributed by atoms with Crippen LogP contribution in [0.1, 0.15) is 15.9 Å². The number of nitrogens with one attached hydrogen (secondary N) is 1. The van der Waals surface area contributed by atoms with E-state index in [1.807, 2.05) is 12.1 Å². The summed E-state index contributed by atoms with van der Waals surface area (Å²) in [7, 11) is 3.41. The number of benzene rings is 2. The van der Waals surface area contributed by atoms with Crippen LogP contribution in [0.3, 0.4) is 0 Å². The highest BCUT2D eigenvalue weighted by Crippen LogP contribution is 2.23. The van der Waals surface area contributed by atoms with Gasteiger partial charge in [0.2, 0.25) is 0 Å². The number of pyridine rings is 1. The molecule has 0 aliphatic rings. The molecule has 0 spiro atoms. The van der Waals surface area contributed by atoms with E-state index in [9.17, 15) is 9.59 Å². The van der Waals surface area contributed by atoms with Crippen molar-refractivity contribution in [1.82, 2.24) is 9.88 Å². The van der Waals surface area contributed by atoms with Crippen LogP contribution in [-0.4, -0.2) is 35.1 Å². The average Bonchev–Trinajstić information content (AvgIpc) is 2.74. The Morgan fingerprint density at radius 2 is 1.86 bits per heavy atom. The van der Waals surface area contributed by atoms with Crippen molar-refractivity contribution in [3.05, 3.63) is 84.2 Å². The third-order valence-corrected chi connectivity index (χ3v) is 4.95. The number of anilines is 1. The fourth-order valence-corrected chi connectivity index (χ4v) is 3.04. The standard InChI is InChI=1S/C22H21N3O3S/c1-25(2)22(27)29-20-10-8-18(9-11-20)24-21(26)17-6-3-7-19(13-17)28-15-16-5-4-12-23-14-16/h3-14H,15H2,1-2H3,(H,24,26).